The van der Waals surface area contributed by atoms with Crippen LogP contribution in [0.2, 0.25) is 0 Å². The van der Waals surface area contributed by atoms with Crippen molar-refractivity contribution in [2.75, 3.05) is 6.61 Å². The maximum absolute atomic E-state index is 9.12. The Morgan fingerprint density at radius 1 is 1.15 bits per heavy atom. The molecule has 5 nitrogen and oxygen atoms in total. The third-order valence-electron chi connectivity index (χ3n) is 4.20. The molecule has 3 rings (SSSR count). The largest absolute Gasteiger partial charge is 0.396 e. The van der Waals surface area contributed by atoms with Crippen molar-refractivity contribution in [1.29, 1.82) is 0 Å². The smallest absolute Gasteiger partial charge is 0.242 e. The topological polar surface area (TPSA) is 60.2 Å². The first-order valence-corrected chi connectivity index (χ1v) is 8.89. The first-order chi connectivity index (χ1) is 13.1. The number of benzene rings is 2. The highest BCUT2D eigenvalue weighted by Crippen LogP contribution is 2.23. The molecule has 0 aliphatic carbocycles. The molecule has 0 spiro atoms. The summed E-state index contributed by atoms with van der Waals surface area (Å²) < 4.78 is 0. The highest BCUT2D eigenvalue weighted by molar-refractivity contribution is 5.98. The van der Waals surface area contributed by atoms with E-state index in [9.17, 15) is 0 Å². The molecular weight excluding hydrogens is 336 g/mol. The van der Waals surface area contributed by atoms with Crippen LogP contribution in [0.25, 0.3) is 5.70 Å². The van der Waals surface area contributed by atoms with Crippen molar-refractivity contribution in [3.8, 4) is 0 Å². The maximum Gasteiger partial charge on any atom is 0.242 e. The number of allylic oxidation sites excluding steroid dienone is 2. The van der Waals surface area contributed by atoms with Crippen LogP contribution in [-0.2, 0) is 6.42 Å². The molecule has 0 bridgehead atoms. The molecule has 1 aliphatic heterocycles. The lowest BCUT2D eigenvalue weighted by atomic mass is 10.1. The minimum atomic E-state index is 0.116. The molecule has 0 atom stereocenters. The van der Waals surface area contributed by atoms with Crippen LogP contribution >= 0.6 is 0 Å². The van der Waals surface area contributed by atoms with Gasteiger partial charge in [-0.05, 0) is 49.1 Å². The number of aliphatic hydroxyl groups excluding tert-OH is 1. The summed E-state index contributed by atoms with van der Waals surface area (Å²) in [5.74, 6) is 0.484. The molecule has 27 heavy (non-hydrogen) atoms. The van der Waals surface area contributed by atoms with Gasteiger partial charge in [0.2, 0.25) is 5.96 Å². The summed E-state index contributed by atoms with van der Waals surface area (Å²) in [6, 6.07) is 17.8. The summed E-state index contributed by atoms with van der Waals surface area (Å²) in [5, 5.41) is 11.0. The van der Waals surface area contributed by atoms with E-state index in [0.29, 0.717) is 12.4 Å². The molecule has 2 N–H and O–H groups in total. The van der Waals surface area contributed by atoms with Crippen molar-refractivity contribution in [2.45, 2.75) is 20.3 Å². The Hall–Kier alpha value is -3.18. The summed E-state index contributed by atoms with van der Waals surface area (Å²) in [7, 11) is 0. The van der Waals surface area contributed by atoms with E-state index in [2.05, 4.69) is 22.0 Å². The molecule has 0 aromatic heterocycles. The van der Waals surface area contributed by atoms with Gasteiger partial charge in [0, 0.05) is 6.61 Å². The van der Waals surface area contributed by atoms with Gasteiger partial charge in [0.1, 0.15) is 0 Å². The van der Waals surface area contributed by atoms with Crippen molar-refractivity contribution < 1.29 is 5.11 Å². The summed E-state index contributed by atoms with van der Waals surface area (Å²) in [6.07, 6.45) is 2.41. The van der Waals surface area contributed by atoms with Gasteiger partial charge in [0.15, 0.2) is 0 Å². The van der Waals surface area contributed by atoms with Crippen molar-refractivity contribution in [1.82, 2.24) is 10.4 Å². The van der Waals surface area contributed by atoms with Gasteiger partial charge in [-0.1, -0.05) is 49.0 Å². The van der Waals surface area contributed by atoms with E-state index in [0.717, 1.165) is 33.8 Å². The fourth-order valence-corrected chi connectivity index (χ4v) is 2.78. The van der Waals surface area contributed by atoms with Crippen LogP contribution in [0, 0.1) is 0 Å². The molecule has 138 valence electrons. The van der Waals surface area contributed by atoms with Gasteiger partial charge in [0.25, 0.3) is 0 Å². The Kier molecular flexibility index (Phi) is 5.84. The van der Waals surface area contributed by atoms with Gasteiger partial charge < -0.3 is 5.11 Å². The van der Waals surface area contributed by atoms with E-state index in [1.54, 1.807) is 6.21 Å². The van der Waals surface area contributed by atoms with E-state index in [1.165, 1.54) is 0 Å². The standard InChI is InChI=1S/C22H24N4O/c1-16(2)21-15-23-22(24-20-11-7-8-18(14-20)12-13-27)25-26(21)17(3)19-9-5-4-6-10-19/h4-11,14-15,27H,3,12-13H2,1-2H3,(H,24,25). The fourth-order valence-electron chi connectivity index (χ4n) is 2.78. The predicted octanol–water partition coefficient (Wildman–Crippen LogP) is 4.06. The molecule has 5 heteroatoms. The van der Waals surface area contributed by atoms with Crippen LogP contribution in [0.5, 0.6) is 0 Å². The third kappa shape index (κ3) is 4.51. The fraction of sp³-hybridized carbons (Fsp3) is 0.182. The number of aliphatic hydroxyl groups is 1. The van der Waals surface area contributed by atoms with E-state index in [-0.39, 0.29) is 6.61 Å². The van der Waals surface area contributed by atoms with Crippen LogP contribution in [0.15, 0.2) is 82.4 Å². The van der Waals surface area contributed by atoms with Gasteiger partial charge in [-0.15, -0.1) is 0 Å². The molecular formula is C22H24N4O. The van der Waals surface area contributed by atoms with Crippen molar-refractivity contribution in [2.24, 2.45) is 9.98 Å². The van der Waals surface area contributed by atoms with Crippen LogP contribution in [0.4, 0.5) is 5.69 Å². The van der Waals surface area contributed by atoms with E-state index in [4.69, 9.17) is 5.11 Å². The Labute approximate surface area is 160 Å². The quantitative estimate of drug-likeness (QED) is 0.845. The molecule has 2 aromatic rings. The number of nitrogens with one attached hydrogen (secondary N) is 1. The number of hydrogen-bond donors (Lipinski definition) is 2. The summed E-state index contributed by atoms with van der Waals surface area (Å²) in [6.45, 7) is 8.44. The number of hydrogen-bond acceptors (Lipinski definition) is 3. The van der Waals surface area contributed by atoms with Gasteiger partial charge in [-0.3, -0.25) is 10.4 Å². The van der Waals surface area contributed by atoms with Gasteiger partial charge >= 0.3 is 0 Å². The molecule has 0 unspecified atom stereocenters. The Balaban J connectivity index is 1.92. The van der Waals surface area contributed by atoms with Crippen LogP contribution in [-0.4, -0.2) is 28.9 Å². The van der Waals surface area contributed by atoms with Gasteiger partial charge in [-0.2, -0.15) is 0 Å². The molecule has 1 heterocycles. The van der Waals surface area contributed by atoms with E-state index < -0.39 is 0 Å². The monoisotopic (exact) mass is 360 g/mol. The molecule has 0 saturated carbocycles. The van der Waals surface area contributed by atoms with E-state index in [1.807, 2.05) is 73.5 Å². The predicted molar refractivity (Wildman–Crippen MR) is 112 cm³/mol. The number of aliphatic imine (C=N–C) groups is 2. The van der Waals surface area contributed by atoms with Crippen LogP contribution in [0.1, 0.15) is 25.0 Å². The lowest BCUT2D eigenvalue weighted by molar-refractivity contribution is 0.299. The van der Waals surface area contributed by atoms with Crippen molar-refractivity contribution in [3.63, 3.8) is 0 Å². The Morgan fingerprint density at radius 2 is 1.93 bits per heavy atom. The maximum atomic E-state index is 9.12. The molecule has 0 saturated heterocycles. The average molecular weight is 360 g/mol. The minimum Gasteiger partial charge on any atom is -0.396 e. The second-order valence-electron chi connectivity index (χ2n) is 6.48. The first-order valence-electron chi connectivity index (χ1n) is 8.89. The number of hydrazine groups is 1. The zero-order chi connectivity index (χ0) is 19.2. The Morgan fingerprint density at radius 3 is 2.63 bits per heavy atom. The average Bonchev–Trinajstić information content (AvgIpc) is 2.68. The zero-order valence-electron chi connectivity index (χ0n) is 15.7. The number of guanidine groups is 1. The number of nitrogens with zero attached hydrogens (tertiary/aromatic N) is 3. The van der Waals surface area contributed by atoms with E-state index >= 15 is 0 Å². The molecule has 0 fully saturated rings. The highest BCUT2D eigenvalue weighted by atomic mass is 16.2. The van der Waals surface area contributed by atoms with Gasteiger partial charge in [-0.25, -0.2) is 9.98 Å². The zero-order valence-corrected chi connectivity index (χ0v) is 15.7. The lowest BCUT2D eigenvalue weighted by Gasteiger charge is -2.32. The molecule has 2 aromatic carbocycles. The first kappa shape index (κ1) is 18.6. The minimum absolute atomic E-state index is 0.116. The van der Waals surface area contributed by atoms with Gasteiger partial charge in [0.05, 0.1) is 23.3 Å². The number of rotatable bonds is 5. The second kappa shape index (κ2) is 8.47. The van der Waals surface area contributed by atoms with Crippen molar-refractivity contribution >= 4 is 23.6 Å². The molecule has 0 amide bonds. The molecule has 1 aliphatic rings. The third-order valence-corrected chi connectivity index (χ3v) is 4.20. The Bertz CT molecular complexity index is 909. The second-order valence-corrected chi connectivity index (χ2v) is 6.48. The SMILES string of the molecule is C=C(c1ccccc1)N1NC(=Nc2cccc(CCO)c2)N=CC1=C(C)C. The highest BCUT2D eigenvalue weighted by Gasteiger charge is 2.20. The summed E-state index contributed by atoms with van der Waals surface area (Å²) in [4.78, 5) is 9.05. The van der Waals surface area contributed by atoms with Crippen LogP contribution in [0.3, 0.4) is 0 Å². The van der Waals surface area contributed by atoms with Crippen LogP contribution < -0.4 is 5.43 Å². The lowest BCUT2D eigenvalue weighted by Crippen LogP contribution is -2.43. The summed E-state index contributed by atoms with van der Waals surface area (Å²) >= 11 is 0. The normalized spacial score (nSPS) is 15.0. The summed E-state index contributed by atoms with van der Waals surface area (Å²) in [5.41, 5.74) is 8.98. The molecule has 0 radical (unpaired) electrons. The van der Waals surface area contributed by atoms with Crippen molar-refractivity contribution in [3.05, 3.63) is 83.6 Å².